The lowest BCUT2D eigenvalue weighted by Gasteiger charge is -2.20. The highest BCUT2D eigenvalue weighted by Crippen LogP contribution is 2.34. The van der Waals surface area contributed by atoms with Crippen molar-refractivity contribution in [3.8, 4) is 0 Å². The fourth-order valence-corrected chi connectivity index (χ4v) is 5.67. The van der Waals surface area contributed by atoms with Crippen LogP contribution in [0.1, 0.15) is 56.2 Å². The SMILES string of the molecule is Cc1nn(C)c(C)c1[C@@H](C)NC(=O)c1ccc2c(c1)S(=O)(=O)c1ccccc1C2=O. The summed E-state index contributed by atoms with van der Waals surface area (Å²) in [6.45, 7) is 5.65. The quantitative estimate of drug-likeness (QED) is 0.546. The number of hydrogen-bond donors (Lipinski definition) is 1. The molecule has 154 valence electrons. The van der Waals surface area contributed by atoms with E-state index >= 15 is 0 Å². The van der Waals surface area contributed by atoms with Crippen molar-refractivity contribution >= 4 is 21.5 Å². The Kier molecular flexibility index (Phi) is 4.62. The first-order valence-electron chi connectivity index (χ1n) is 9.46. The highest BCUT2D eigenvalue weighted by atomic mass is 32.2. The van der Waals surface area contributed by atoms with Gasteiger partial charge in [0.25, 0.3) is 5.91 Å². The van der Waals surface area contributed by atoms with E-state index in [4.69, 9.17) is 0 Å². The lowest BCUT2D eigenvalue weighted by Crippen LogP contribution is -2.28. The van der Waals surface area contributed by atoms with E-state index in [0.29, 0.717) is 0 Å². The van der Waals surface area contributed by atoms with Gasteiger partial charge in [-0.2, -0.15) is 5.10 Å². The molecule has 7 nitrogen and oxygen atoms in total. The molecule has 1 aromatic heterocycles. The van der Waals surface area contributed by atoms with Gasteiger partial charge in [-0.15, -0.1) is 0 Å². The van der Waals surface area contributed by atoms with Gasteiger partial charge in [0.15, 0.2) is 5.78 Å². The third kappa shape index (κ3) is 2.95. The summed E-state index contributed by atoms with van der Waals surface area (Å²) >= 11 is 0. The second kappa shape index (κ2) is 6.91. The molecule has 30 heavy (non-hydrogen) atoms. The predicted molar refractivity (Wildman–Crippen MR) is 110 cm³/mol. The van der Waals surface area contributed by atoms with Crippen LogP contribution in [0.2, 0.25) is 0 Å². The fraction of sp³-hybridized carbons (Fsp3) is 0.227. The Hall–Kier alpha value is -3.26. The summed E-state index contributed by atoms with van der Waals surface area (Å²) < 4.78 is 27.9. The number of hydrogen-bond acceptors (Lipinski definition) is 5. The molecular formula is C22H21N3O4S. The molecule has 0 radical (unpaired) electrons. The van der Waals surface area contributed by atoms with Crippen molar-refractivity contribution in [1.29, 1.82) is 0 Å². The predicted octanol–water partition coefficient (Wildman–Crippen LogP) is 2.91. The molecule has 0 spiro atoms. The summed E-state index contributed by atoms with van der Waals surface area (Å²) in [5.41, 5.74) is 3.08. The van der Waals surface area contributed by atoms with Crippen molar-refractivity contribution in [2.75, 3.05) is 0 Å². The molecule has 0 aliphatic carbocycles. The fourth-order valence-electron chi connectivity index (χ4n) is 3.99. The third-order valence-electron chi connectivity index (χ3n) is 5.54. The molecule has 1 N–H and O–H groups in total. The van der Waals surface area contributed by atoms with E-state index < -0.39 is 15.7 Å². The summed E-state index contributed by atoms with van der Waals surface area (Å²) in [5.74, 6) is -0.785. The number of ketones is 1. The van der Waals surface area contributed by atoms with Crippen LogP contribution in [0.4, 0.5) is 0 Å². The second-order valence-corrected chi connectivity index (χ2v) is 9.33. The number of benzene rings is 2. The standard InChI is InChI=1S/C22H21N3O4S/c1-12(20-13(2)24-25(4)14(20)3)23-22(27)15-9-10-17-19(11-15)30(28,29)18-8-6-5-7-16(18)21(17)26/h5-12H,1-4H3,(H,23,27)/t12-/m1/s1. The van der Waals surface area contributed by atoms with E-state index in [1.54, 1.807) is 16.8 Å². The van der Waals surface area contributed by atoms with Crippen molar-refractivity contribution in [1.82, 2.24) is 15.1 Å². The van der Waals surface area contributed by atoms with Crippen LogP contribution in [0.25, 0.3) is 0 Å². The van der Waals surface area contributed by atoms with Crippen molar-refractivity contribution < 1.29 is 18.0 Å². The molecule has 0 bridgehead atoms. The average Bonchev–Trinajstić information content (AvgIpc) is 2.97. The molecule has 2 heterocycles. The lowest BCUT2D eigenvalue weighted by atomic mass is 10.0. The Labute approximate surface area is 174 Å². The van der Waals surface area contributed by atoms with Crippen LogP contribution in [-0.4, -0.2) is 29.9 Å². The zero-order valence-corrected chi connectivity index (χ0v) is 17.9. The third-order valence-corrected chi connectivity index (χ3v) is 7.40. The van der Waals surface area contributed by atoms with Crippen LogP contribution in [0.15, 0.2) is 52.3 Å². The van der Waals surface area contributed by atoms with E-state index in [-0.39, 0.29) is 38.3 Å². The Morgan fingerprint density at radius 3 is 2.40 bits per heavy atom. The molecule has 1 aliphatic heterocycles. The molecule has 8 heteroatoms. The maximum absolute atomic E-state index is 13.1. The van der Waals surface area contributed by atoms with Gasteiger partial charge in [-0.3, -0.25) is 14.3 Å². The monoisotopic (exact) mass is 423 g/mol. The number of carbonyl (C=O) groups is 2. The van der Waals surface area contributed by atoms with Gasteiger partial charge in [0.1, 0.15) is 0 Å². The zero-order chi connectivity index (χ0) is 21.8. The van der Waals surface area contributed by atoms with Crippen LogP contribution in [-0.2, 0) is 16.9 Å². The molecule has 0 fully saturated rings. The number of nitrogens with one attached hydrogen (secondary N) is 1. The number of sulfone groups is 1. The minimum Gasteiger partial charge on any atom is -0.345 e. The van der Waals surface area contributed by atoms with Gasteiger partial charge in [0.2, 0.25) is 9.84 Å². The molecular weight excluding hydrogens is 402 g/mol. The normalized spacial score (nSPS) is 15.3. The van der Waals surface area contributed by atoms with E-state index in [9.17, 15) is 18.0 Å². The highest BCUT2D eigenvalue weighted by molar-refractivity contribution is 7.91. The van der Waals surface area contributed by atoms with Gasteiger partial charge in [-0.05, 0) is 51.1 Å². The first-order valence-corrected chi connectivity index (χ1v) is 10.9. The number of aryl methyl sites for hydroxylation is 2. The van der Waals surface area contributed by atoms with Crippen molar-refractivity contribution in [3.63, 3.8) is 0 Å². The molecule has 0 unspecified atom stereocenters. The first-order chi connectivity index (χ1) is 14.1. The minimum absolute atomic E-state index is 0.0324. The van der Waals surface area contributed by atoms with Gasteiger partial charge in [0, 0.05) is 35.0 Å². The number of nitrogens with zero attached hydrogens (tertiary/aromatic N) is 2. The van der Waals surface area contributed by atoms with Gasteiger partial charge in [0.05, 0.1) is 21.5 Å². The van der Waals surface area contributed by atoms with Crippen molar-refractivity contribution in [2.24, 2.45) is 7.05 Å². The lowest BCUT2D eigenvalue weighted by molar-refractivity contribution is 0.0937. The highest BCUT2D eigenvalue weighted by Gasteiger charge is 2.35. The average molecular weight is 423 g/mol. The Morgan fingerprint density at radius 2 is 1.73 bits per heavy atom. The number of fused-ring (bicyclic) bond motifs is 2. The van der Waals surface area contributed by atoms with Gasteiger partial charge in [-0.1, -0.05) is 12.1 Å². The number of amides is 1. The zero-order valence-electron chi connectivity index (χ0n) is 17.1. The smallest absolute Gasteiger partial charge is 0.251 e. The van der Waals surface area contributed by atoms with E-state index in [1.807, 2.05) is 27.8 Å². The first kappa shape index (κ1) is 20.0. The Balaban J connectivity index is 1.70. The van der Waals surface area contributed by atoms with Crippen LogP contribution < -0.4 is 5.32 Å². The van der Waals surface area contributed by atoms with Gasteiger partial charge in [-0.25, -0.2) is 8.42 Å². The summed E-state index contributed by atoms with van der Waals surface area (Å²) in [4.78, 5) is 25.4. The number of carbonyl (C=O) groups excluding carboxylic acids is 2. The molecule has 2 aromatic carbocycles. The molecule has 1 aliphatic rings. The van der Waals surface area contributed by atoms with Gasteiger partial charge >= 0.3 is 0 Å². The Morgan fingerprint density at radius 1 is 1.07 bits per heavy atom. The minimum atomic E-state index is -3.90. The number of rotatable bonds is 3. The summed E-state index contributed by atoms with van der Waals surface area (Å²) in [6.07, 6.45) is 0. The van der Waals surface area contributed by atoms with Crippen LogP contribution in [0, 0.1) is 13.8 Å². The van der Waals surface area contributed by atoms with Crippen LogP contribution in [0.5, 0.6) is 0 Å². The van der Waals surface area contributed by atoms with Crippen LogP contribution >= 0.6 is 0 Å². The maximum Gasteiger partial charge on any atom is 0.251 e. The summed E-state index contributed by atoms with van der Waals surface area (Å²) in [7, 11) is -2.06. The van der Waals surface area contributed by atoms with Crippen LogP contribution in [0.3, 0.4) is 0 Å². The van der Waals surface area contributed by atoms with E-state index in [2.05, 4.69) is 10.4 Å². The molecule has 3 aromatic rings. The van der Waals surface area contributed by atoms with Gasteiger partial charge < -0.3 is 5.32 Å². The number of aromatic nitrogens is 2. The second-order valence-electron chi connectivity index (χ2n) is 7.44. The largest absolute Gasteiger partial charge is 0.345 e. The van der Waals surface area contributed by atoms with E-state index in [1.165, 1.54) is 30.3 Å². The molecule has 1 atom stereocenters. The molecule has 0 saturated carbocycles. The molecule has 1 amide bonds. The van der Waals surface area contributed by atoms with Crippen molar-refractivity contribution in [2.45, 2.75) is 36.6 Å². The maximum atomic E-state index is 13.1. The topological polar surface area (TPSA) is 98.1 Å². The molecule has 4 rings (SSSR count). The summed E-state index contributed by atoms with van der Waals surface area (Å²) in [6, 6.07) is 9.96. The summed E-state index contributed by atoms with van der Waals surface area (Å²) in [5, 5.41) is 7.27. The molecule has 0 saturated heterocycles. The Bertz CT molecular complexity index is 1320. The van der Waals surface area contributed by atoms with Crippen molar-refractivity contribution in [3.05, 3.63) is 76.1 Å². The van der Waals surface area contributed by atoms with E-state index in [0.717, 1.165) is 17.0 Å².